The predicted molar refractivity (Wildman–Crippen MR) is 85.0 cm³/mol. The summed E-state index contributed by atoms with van der Waals surface area (Å²) >= 11 is 0. The molecule has 21 heavy (non-hydrogen) atoms. The first-order valence-corrected chi connectivity index (χ1v) is 7.78. The molecule has 0 heterocycles. The topological polar surface area (TPSA) is 27.7 Å². The Morgan fingerprint density at radius 2 is 1.81 bits per heavy atom. The third-order valence-corrected chi connectivity index (χ3v) is 3.17. The minimum atomic E-state index is 0.152. The Bertz CT molecular complexity index is 465. The molecule has 0 amide bonds. The minimum absolute atomic E-state index is 0.152. The van der Waals surface area contributed by atoms with Crippen molar-refractivity contribution in [1.82, 2.24) is 0 Å². The van der Waals surface area contributed by atoms with Gasteiger partial charge in [0.05, 0.1) is 18.3 Å². The van der Waals surface area contributed by atoms with E-state index in [-0.39, 0.29) is 24.4 Å². The van der Waals surface area contributed by atoms with Gasteiger partial charge in [-0.3, -0.25) is 0 Å². The van der Waals surface area contributed by atoms with Gasteiger partial charge in [-0.15, -0.1) is 0 Å². The van der Waals surface area contributed by atoms with Crippen LogP contribution in [0.5, 0.6) is 11.5 Å². The molecule has 2 atom stereocenters. The Morgan fingerprint density at radius 1 is 1.05 bits per heavy atom. The highest BCUT2D eigenvalue weighted by Gasteiger charge is 2.20. The van der Waals surface area contributed by atoms with Crippen LogP contribution in [0, 0.1) is 0 Å². The maximum atomic E-state index is 6.08. The Kier molecular flexibility index (Phi) is 5.68. The fraction of sp³-hybridized carbons (Fsp3) is 0.556. The first-order valence-electron chi connectivity index (χ1n) is 7.78. The number of ether oxygens (including phenoxy) is 3. The highest BCUT2D eigenvalue weighted by atomic mass is 16.5. The molecular weight excluding hydrogens is 264 g/mol. The minimum Gasteiger partial charge on any atom is -0.491 e. The highest BCUT2D eigenvalue weighted by molar-refractivity contribution is 5.33. The van der Waals surface area contributed by atoms with Gasteiger partial charge in [-0.1, -0.05) is 18.2 Å². The molecule has 0 aromatic heterocycles. The summed E-state index contributed by atoms with van der Waals surface area (Å²) in [5.74, 6) is 1.71. The van der Waals surface area contributed by atoms with Gasteiger partial charge in [-0.25, -0.2) is 0 Å². The zero-order chi connectivity index (χ0) is 15.2. The van der Waals surface area contributed by atoms with Crippen LogP contribution in [-0.4, -0.2) is 24.4 Å². The maximum Gasteiger partial charge on any atom is 0.123 e. The smallest absolute Gasteiger partial charge is 0.123 e. The van der Waals surface area contributed by atoms with Crippen LogP contribution in [0.2, 0.25) is 0 Å². The molecule has 116 valence electrons. The Labute approximate surface area is 127 Å². The van der Waals surface area contributed by atoms with Gasteiger partial charge in [0, 0.05) is 18.9 Å². The van der Waals surface area contributed by atoms with Crippen LogP contribution in [0.3, 0.4) is 0 Å². The first-order chi connectivity index (χ1) is 10.0. The van der Waals surface area contributed by atoms with Crippen LogP contribution in [0.4, 0.5) is 0 Å². The van der Waals surface area contributed by atoms with Gasteiger partial charge in [-0.2, -0.15) is 0 Å². The summed E-state index contributed by atoms with van der Waals surface area (Å²) in [5.41, 5.74) is 0. The lowest BCUT2D eigenvalue weighted by Crippen LogP contribution is -2.28. The van der Waals surface area contributed by atoms with Crippen molar-refractivity contribution in [1.29, 1.82) is 0 Å². The van der Waals surface area contributed by atoms with Crippen molar-refractivity contribution in [2.24, 2.45) is 0 Å². The van der Waals surface area contributed by atoms with Crippen molar-refractivity contribution in [3.63, 3.8) is 0 Å². The predicted octanol–water partition coefficient (Wildman–Crippen LogP) is 4.36. The third kappa shape index (κ3) is 5.43. The van der Waals surface area contributed by atoms with Crippen molar-refractivity contribution in [3.8, 4) is 11.5 Å². The van der Waals surface area contributed by atoms with Crippen LogP contribution in [0.25, 0.3) is 0 Å². The third-order valence-electron chi connectivity index (χ3n) is 3.17. The summed E-state index contributed by atoms with van der Waals surface area (Å²) in [7, 11) is 0. The average molecular weight is 290 g/mol. The number of benzene rings is 1. The summed E-state index contributed by atoms with van der Waals surface area (Å²) in [5, 5.41) is 0. The zero-order valence-corrected chi connectivity index (χ0v) is 13.4. The molecule has 2 rings (SSSR count). The number of hydrogen-bond acceptors (Lipinski definition) is 3. The Balaban J connectivity index is 1.94. The monoisotopic (exact) mass is 290 g/mol. The lowest BCUT2D eigenvalue weighted by molar-refractivity contribution is 0.00569. The van der Waals surface area contributed by atoms with E-state index in [9.17, 15) is 0 Å². The van der Waals surface area contributed by atoms with Gasteiger partial charge in [0.25, 0.3) is 0 Å². The molecule has 0 fully saturated rings. The van der Waals surface area contributed by atoms with E-state index in [1.807, 2.05) is 38.1 Å². The summed E-state index contributed by atoms with van der Waals surface area (Å²) < 4.78 is 17.6. The normalized spacial score (nSPS) is 21.8. The van der Waals surface area contributed by atoms with Crippen LogP contribution in [-0.2, 0) is 4.74 Å². The van der Waals surface area contributed by atoms with Crippen LogP contribution in [0.15, 0.2) is 36.4 Å². The second-order valence-electron chi connectivity index (χ2n) is 6.00. The molecule has 1 aliphatic rings. The van der Waals surface area contributed by atoms with Gasteiger partial charge in [0.15, 0.2) is 0 Å². The average Bonchev–Trinajstić information content (AvgIpc) is 2.37. The second kappa shape index (κ2) is 7.51. The second-order valence-corrected chi connectivity index (χ2v) is 6.00. The molecule has 1 aromatic carbocycles. The standard InChI is InChI=1S/C18H26O3/c1-13(2)19-15-7-5-9-17(11-15)21-18-10-6-8-16(12-18)20-14(3)4/h5-9,11,13-14,16,18H,10,12H2,1-4H3. The van der Waals surface area contributed by atoms with Crippen molar-refractivity contribution >= 4 is 0 Å². The van der Waals surface area contributed by atoms with E-state index in [0.29, 0.717) is 0 Å². The highest BCUT2D eigenvalue weighted by Crippen LogP contribution is 2.25. The summed E-state index contributed by atoms with van der Waals surface area (Å²) in [6.07, 6.45) is 6.82. The van der Waals surface area contributed by atoms with Crippen molar-refractivity contribution in [2.75, 3.05) is 0 Å². The van der Waals surface area contributed by atoms with E-state index >= 15 is 0 Å². The van der Waals surface area contributed by atoms with Gasteiger partial charge in [-0.05, 0) is 39.8 Å². The zero-order valence-electron chi connectivity index (χ0n) is 13.4. The quantitative estimate of drug-likeness (QED) is 0.728. The molecule has 0 spiro atoms. The lowest BCUT2D eigenvalue weighted by Gasteiger charge is -2.27. The van der Waals surface area contributed by atoms with E-state index in [4.69, 9.17) is 14.2 Å². The van der Waals surface area contributed by atoms with Crippen molar-refractivity contribution in [2.45, 2.75) is 65.0 Å². The molecule has 1 aliphatic carbocycles. The molecule has 0 saturated carbocycles. The number of hydrogen-bond donors (Lipinski definition) is 0. The molecule has 1 aromatic rings. The van der Waals surface area contributed by atoms with E-state index in [2.05, 4.69) is 26.0 Å². The van der Waals surface area contributed by atoms with Crippen LogP contribution in [0.1, 0.15) is 40.5 Å². The molecule has 0 N–H and O–H groups in total. The molecule has 3 heteroatoms. The Morgan fingerprint density at radius 3 is 2.52 bits per heavy atom. The summed E-state index contributed by atoms with van der Waals surface area (Å²) in [6.45, 7) is 8.16. The summed E-state index contributed by atoms with van der Waals surface area (Å²) in [4.78, 5) is 0. The van der Waals surface area contributed by atoms with Gasteiger partial charge in [0.2, 0.25) is 0 Å². The lowest BCUT2D eigenvalue weighted by atomic mass is 10.0. The fourth-order valence-electron chi connectivity index (χ4n) is 2.45. The molecular formula is C18H26O3. The molecule has 2 unspecified atom stereocenters. The molecule has 0 radical (unpaired) electrons. The SMILES string of the molecule is CC(C)Oc1cccc(OC2CC=CC(OC(C)C)C2)c1. The van der Waals surface area contributed by atoms with E-state index in [0.717, 1.165) is 24.3 Å². The van der Waals surface area contributed by atoms with E-state index < -0.39 is 0 Å². The van der Waals surface area contributed by atoms with Crippen molar-refractivity contribution in [3.05, 3.63) is 36.4 Å². The Hall–Kier alpha value is -1.48. The summed E-state index contributed by atoms with van der Waals surface area (Å²) in [6, 6.07) is 7.85. The molecule has 0 saturated heterocycles. The number of rotatable bonds is 6. The molecule has 0 bridgehead atoms. The van der Waals surface area contributed by atoms with E-state index in [1.165, 1.54) is 0 Å². The van der Waals surface area contributed by atoms with Crippen molar-refractivity contribution < 1.29 is 14.2 Å². The largest absolute Gasteiger partial charge is 0.491 e. The van der Waals surface area contributed by atoms with Gasteiger partial charge < -0.3 is 14.2 Å². The molecule has 0 aliphatic heterocycles. The van der Waals surface area contributed by atoms with E-state index in [1.54, 1.807) is 0 Å². The van der Waals surface area contributed by atoms with Gasteiger partial charge >= 0.3 is 0 Å². The van der Waals surface area contributed by atoms with Crippen LogP contribution < -0.4 is 9.47 Å². The maximum absolute atomic E-state index is 6.08. The van der Waals surface area contributed by atoms with Gasteiger partial charge in [0.1, 0.15) is 17.6 Å². The molecule has 3 nitrogen and oxygen atoms in total. The first kappa shape index (κ1) is 15.9. The fourth-order valence-corrected chi connectivity index (χ4v) is 2.45. The van der Waals surface area contributed by atoms with Crippen LogP contribution >= 0.6 is 0 Å².